The SMILES string of the molecule is CCOC(OCC)P(=O)(Cc1ccccc1)OCC. The minimum absolute atomic E-state index is 0.326. The molecule has 0 aliphatic carbocycles. The van der Waals surface area contributed by atoms with E-state index in [1.165, 1.54) is 0 Å². The van der Waals surface area contributed by atoms with Gasteiger partial charge in [0.1, 0.15) is 0 Å². The van der Waals surface area contributed by atoms with Gasteiger partial charge < -0.3 is 14.0 Å². The van der Waals surface area contributed by atoms with Gasteiger partial charge in [-0.15, -0.1) is 0 Å². The highest BCUT2D eigenvalue weighted by Crippen LogP contribution is 2.55. The van der Waals surface area contributed by atoms with Crippen LogP contribution in [-0.4, -0.2) is 25.9 Å². The van der Waals surface area contributed by atoms with Gasteiger partial charge in [-0.05, 0) is 26.3 Å². The number of hydrogen-bond donors (Lipinski definition) is 0. The van der Waals surface area contributed by atoms with E-state index in [4.69, 9.17) is 14.0 Å². The number of ether oxygens (including phenoxy) is 2. The minimum Gasteiger partial charge on any atom is -0.345 e. The normalized spacial score (nSPS) is 14.5. The highest BCUT2D eigenvalue weighted by atomic mass is 31.2. The average Bonchev–Trinajstić information content (AvgIpc) is 2.40. The Morgan fingerprint density at radius 3 is 2.05 bits per heavy atom. The lowest BCUT2D eigenvalue weighted by Crippen LogP contribution is -2.20. The van der Waals surface area contributed by atoms with E-state index in [1.54, 1.807) is 0 Å². The molecular weight excluding hydrogens is 263 g/mol. The Kier molecular flexibility index (Phi) is 7.32. The summed E-state index contributed by atoms with van der Waals surface area (Å²) in [6.45, 7) is 6.79. The van der Waals surface area contributed by atoms with Crippen LogP contribution < -0.4 is 0 Å². The molecule has 1 rings (SSSR count). The molecule has 1 aromatic rings. The van der Waals surface area contributed by atoms with Crippen molar-refractivity contribution in [2.45, 2.75) is 33.0 Å². The van der Waals surface area contributed by atoms with Gasteiger partial charge in [-0.25, -0.2) is 0 Å². The van der Waals surface area contributed by atoms with Crippen molar-refractivity contribution < 1.29 is 18.6 Å². The zero-order chi connectivity index (χ0) is 14.1. The van der Waals surface area contributed by atoms with Gasteiger partial charge in [0.25, 0.3) is 7.37 Å². The van der Waals surface area contributed by atoms with Gasteiger partial charge in [0.05, 0.1) is 12.8 Å². The maximum Gasteiger partial charge on any atom is 0.261 e. The van der Waals surface area contributed by atoms with Crippen LogP contribution in [0.4, 0.5) is 0 Å². The van der Waals surface area contributed by atoms with Crippen LogP contribution in [0.1, 0.15) is 26.3 Å². The minimum atomic E-state index is -3.03. The standard InChI is InChI=1S/C14H23O4P/c1-4-16-14(17-5-2)19(15,18-6-3)12-13-10-8-7-9-11-13/h7-11,14H,4-6,12H2,1-3H3. The lowest BCUT2D eigenvalue weighted by Gasteiger charge is -2.26. The molecule has 19 heavy (non-hydrogen) atoms. The molecule has 0 aromatic heterocycles. The van der Waals surface area contributed by atoms with Crippen molar-refractivity contribution >= 4 is 7.37 Å². The van der Waals surface area contributed by atoms with E-state index >= 15 is 0 Å². The molecule has 0 saturated heterocycles. The molecule has 5 heteroatoms. The third kappa shape index (κ3) is 5.07. The van der Waals surface area contributed by atoms with Crippen LogP contribution in [0.2, 0.25) is 0 Å². The van der Waals surface area contributed by atoms with Crippen LogP contribution in [-0.2, 0) is 24.7 Å². The Labute approximate surface area is 115 Å². The van der Waals surface area contributed by atoms with E-state index in [1.807, 2.05) is 51.1 Å². The van der Waals surface area contributed by atoms with Gasteiger partial charge in [-0.3, -0.25) is 4.57 Å². The average molecular weight is 286 g/mol. The molecule has 1 atom stereocenters. The van der Waals surface area contributed by atoms with Gasteiger partial charge in [0.15, 0.2) is 0 Å². The molecule has 0 fully saturated rings. The first-order valence-corrected chi connectivity index (χ1v) is 8.54. The molecule has 0 N–H and O–H groups in total. The van der Waals surface area contributed by atoms with Gasteiger partial charge >= 0.3 is 0 Å². The molecule has 0 aliphatic heterocycles. The van der Waals surface area contributed by atoms with E-state index in [-0.39, 0.29) is 0 Å². The second-order valence-electron chi connectivity index (χ2n) is 4.01. The predicted octanol–water partition coefficient (Wildman–Crippen LogP) is 3.86. The molecule has 0 radical (unpaired) electrons. The molecule has 0 bridgehead atoms. The highest BCUT2D eigenvalue weighted by molar-refractivity contribution is 7.58. The molecule has 0 aliphatic rings. The topological polar surface area (TPSA) is 44.8 Å². The summed E-state index contributed by atoms with van der Waals surface area (Å²) in [4.78, 5) is 0. The zero-order valence-corrected chi connectivity index (χ0v) is 12.8. The third-order valence-corrected chi connectivity index (χ3v) is 4.97. The summed E-state index contributed by atoms with van der Waals surface area (Å²) in [6, 6.07) is 8.84. The van der Waals surface area contributed by atoms with Crippen LogP contribution in [0.5, 0.6) is 0 Å². The summed E-state index contributed by atoms with van der Waals surface area (Å²) in [7, 11) is -3.03. The second-order valence-corrected chi connectivity index (χ2v) is 6.45. The first kappa shape index (κ1) is 16.4. The van der Waals surface area contributed by atoms with Crippen molar-refractivity contribution in [3.63, 3.8) is 0 Å². The molecule has 0 spiro atoms. The molecule has 0 saturated carbocycles. The number of benzene rings is 1. The Morgan fingerprint density at radius 2 is 1.58 bits per heavy atom. The van der Waals surface area contributed by atoms with Crippen molar-refractivity contribution in [1.82, 2.24) is 0 Å². The Bertz CT molecular complexity index is 388. The van der Waals surface area contributed by atoms with Crippen LogP contribution in [0.3, 0.4) is 0 Å². The second kappa shape index (κ2) is 8.49. The maximum absolute atomic E-state index is 13.0. The van der Waals surface area contributed by atoms with Crippen LogP contribution >= 0.6 is 7.37 Å². The monoisotopic (exact) mass is 286 g/mol. The highest BCUT2D eigenvalue weighted by Gasteiger charge is 2.35. The largest absolute Gasteiger partial charge is 0.345 e. The van der Waals surface area contributed by atoms with Crippen LogP contribution in [0, 0.1) is 0 Å². The van der Waals surface area contributed by atoms with E-state index < -0.39 is 13.4 Å². The van der Waals surface area contributed by atoms with E-state index in [0.717, 1.165) is 5.56 Å². The lowest BCUT2D eigenvalue weighted by atomic mass is 10.2. The Balaban J connectivity index is 2.90. The molecular formula is C14H23O4P. The van der Waals surface area contributed by atoms with Gasteiger partial charge in [0, 0.05) is 13.2 Å². The molecule has 0 heterocycles. The van der Waals surface area contributed by atoms with Gasteiger partial charge in [0.2, 0.25) is 6.03 Å². The Morgan fingerprint density at radius 1 is 1.00 bits per heavy atom. The zero-order valence-electron chi connectivity index (χ0n) is 11.9. The fraction of sp³-hybridized carbons (Fsp3) is 0.571. The van der Waals surface area contributed by atoms with Crippen molar-refractivity contribution in [2.75, 3.05) is 19.8 Å². The van der Waals surface area contributed by atoms with Crippen molar-refractivity contribution in [3.8, 4) is 0 Å². The smallest absolute Gasteiger partial charge is 0.261 e. The van der Waals surface area contributed by atoms with Crippen LogP contribution in [0.15, 0.2) is 30.3 Å². The first-order valence-electron chi connectivity index (χ1n) is 6.66. The number of rotatable bonds is 9. The summed E-state index contributed by atoms with van der Waals surface area (Å²) in [6.07, 6.45) is 0.326. The summed E-state index contributed by atoms with van der Waals surface area (Å²) < 4.78 is 29.4. The van der Waals surface area contributed by atoms with E-state index in [9.17, 15) is 4.57 Å². The van der Waals surface area contributed by atoms with E-state index in [2.05, 4.69) is 0 Å². The summed E-state index contributed by atoms with van der Waals surface area (Å²) in [5, 5.41) is 0. The van der Waals surface area contributed by atoms with Crippen molar-refractivity contribution in [1.29, 1.82) is 0 Å². The summed E-state index contributed by atoms with van der Waals surface area (Å²) in [5.41, 5.74) is 0.962. The fourth-order valence-electron chi connectivity index (χ4n) is 1.80. The first-order chi connectivity index (χ1) is 9.16. The van der Waals surface area contributed by atoms with Gasteiger partial charge in [-0.1, -0.05) is 30.3 Å². The summed E-state index contributed by atoms with van der Waals surface area (Å²) in [5.74, 6) is 0. The Hall–Kier alpha value is -0.670. The third-order valence-electron chi connectivity index (χ3n) is 2.53. The lowest BCUT2D eigenvalue weighted by molar-refractivity contribution is -0.0890. The van der Waals surface area contributed by atoms with E-state index in [0.29, 0.717) is 26.0 Å². The molecule has 1 unspecified atom stereocenters. The molecule has 1 aromatic carbocycles. The van der Waals surface area contributed by atoms with Crippen molar-refractivity contribution in [3.05, 3.63) is 35.9 Å². The molecule has 0 amide bonds. The predicted molar refractivity (Wildman–Crippen MR) is 76.4 cm³/mol. The van der Waals surface area contributed by atoms with Gasteiger partial charge in [-0.2, -0.15) is 0 Å². The van der Waals surface area contributed by atoms with Crippen LogP contribution in [0.25, 0.3) is 0 Å². The number of hydrogen-bond acceptors (Lipinski definition) is 4. The summed E-state index contributed by atoms with van der Waals surface area (Å²) >= 11 is 0. The molecule has 108 valence electrons. The van der Waals surface area contributed by atoms with Crippen molar-refractivity contribution in [2.24, 2.45) is 0 Å². The maximum atomic E-state index is 13.0. The fourth-order valence-corrected chi connectivity index (χ4v) is 4.07. The quantitative estimate of drug-likeness (QED) is 0.511. The molecule has 4 nitrogen and oxygen atoms in total.